The summed E-state index contributed by atoms with van der Waals surface area (Å²) in [6.45, 7) is 3.89. The molecule has 0 saturated carbocycles. The first kappa shape index (κ1) is 21.3. The number of hydrogen-bond acceptors (Lipinski definition) is 4. The molecule has 142 valence electrons. The van der Waals surface area contributed by atoms with Crippen molar-refractivity contribution in [3.8, 4) is 11.5 Å². The van der Waals surface area contributed by atoms with E-state index in [0.717, 1.165) is 51.7 Å². The van der Waals surface area contributed by atoms with Gasteiger partial charge in [0, 0.05) is 13.2 Å². The number of carbonyl (C=O) groups is 1. The zero-order chi connectivity index (χ0) is 18.5. The van der Waals surface area contributed by atoms with Crippen molar-refractivity contribution in [2.75, 3.05) is 13.2 Å². The van der Waals surface area contributed by atoms with Gasteiger partial charge in [0.1, 0.15) is 5.56 Å². The first-order valence-electron chi connectivity index (χ1n) is 9.42. The van der Waals surface area contributed by atoms with Crippen molar-refractivity contribution in [1.29, 1.82) is 0 Å². The molecule has 5 nitrogen and oxygen atoms in total. The summed E-state index contributed by atoms with van der Waals surface area (Å²) in [5.41, 5.74) is 0.384. The fraction of sp³-hybridized carbons (Fsp3) is 0.650. The van der Waals surface area contributed by atoms with E-state index < -0.39 is 17.5 Å². The maximum Gasteiger partial charge on any atom is 0.339 e. The minimum absolute atomic E-state index is 0.184. The zero-order valence-electron chi connectivity index (χ0n) is 15.3. The average Bonchev–Trinajstić information content (AvgIpc) is 2.58. The van der Waals surface area contributed by atoms with Gasteiger partial charge in [0.05, 0.1) is 0 Å². The Morgan fingerprint density at radius 3 is 2.16 bits per heavy atom. The smallest absolute Gasteiger partial charge is 0.339 e. The van der Waals surface area contributed by atoms with Crippen molar-refractivity contribution in [2.45, 2.75) is 71.1 Å². The molecule has 0 saturated heterocycles. The molecule has 0 amide bonds. The first-order valence-corrected chi connectivity index (χ1v) is 9.42. The van der Waals surface area contributed by atoms with Crippen LogP contribution >= 0.6 is 0 Å². The number of phenolic OH excluding ortho intramolecular Hbond substituents is 1. The molecule has 0 aliphatic carbocycles. The van der Waals surface area contributed by atoms with Crippen molar-refractivity contribution >= 4 is 5.97 Å². The molecule has 0 atom stereocenters. The second kappa shape index (κ2) is 12.6. The zero-order valence-corrected chi connectivity index (χ0v) is 15.3. The Balaban J connectivity index is 2.13. The average molecular weight is 352 g/mol. The van der Waals surface area contributed by atoms with Gasteiger partial charge in [-0.05, 0) is 37.3 Å². The van der Waals surface area contributed by atoms with E-state index in [1.54, 1.807) is 6.07 Å². The topological polar surface area (TPSA) is 87.0 Å². The van der Waals surface area contributed by atoms with Gasteiger partial charge in [0.15, 0.2) is 11.5 Å². The van der Waals surface area contributed by atoms with Crippen LogP contribution < -0.4 is 0 Å². The number of benzene rings is 1. The Bertz CT molecular complexity index is 513. The van der Waals surface area contributed by atoms with E-state index in [1.807, 2.05) is 0 Å². The fourth-order valence-corrected chi connectivity index (χ4v) is 2.85. The minimum Gasteiger partial charge on any atom is -0.504 e. The maximum absolute atomic E-state index is 11.2. The fourth-order valence-electron chi connectivity index (χ4n) is 2.85. The van der Waals surface area contributed by atoms with Crippen LogP contribution in [-0.4, -0.2) is 34.5 Å². The Labute approximate surface area is 150 Å². The highest BCUT2D eigenvalue weighted by molar-refractivity contribution is 5.93. The molecule has 0 heterocycles. The molecule has 0 aliphatic heterocycles. The highest BCUT2D eigenvalue weighted by atomic mass is 16.5. The number of phenols is 2. The molecule has 0 fully saturated rings. The molecule has 0 aliphatic rings. The molecule has 1 aromatic rings. The van der Waals surface area contributed by atoms with E-state index in [9.17, 15) is 20.1 Å². The molecular formula is C20H32O5. The molecule has 0 aromatic heterocycles. The summed E-state index contributed by atoms with van der Waals surface area (Å²) in [5, 5.41) is 28.3. The van der Waals surface area contributed by atoms with Crippen molar-refractivity contribution in [3.05, 3.63) is 23.3 Å². The third kappa shape index (κ3) is 8.25. The summed E-state index contributed by atoms with van der Waals surface area (Å²) < 4.78 is 5.61. The standard InChI is InChI=1S/C20H32O5/c1-2-3-4-9-14-25-15-10-7-5-6-8-11-16-12-13-17(21)19(22)18(16)20(23)24/h12-13,21-22H,2-11,14-15H2,1H3,(H,23,24). The Kier molecular flexibility index (Phi) is 10.7. The molecule has 0 bridgehead atoms. The highest BCUT2D eigenvalue weighted by Gasteiger charge is 2.18. The summed E-state index contributed by atoms with van der Waals surface area (Å²) in [4.78, 5) is 11.2. The first-order chi connectivity index (χ1) is 12.1. The molecule has 1 aromatic carbocycles. The molecule has 1 rings (SSSR count). The van der Waals surface area contributed by atoms with Crippen LogP contribution in [0.4, 0.5) is 0 Å². The molecule has 25 heavy (non-hydrogen) atoms. The monoisotopic (exact) mass is 352 g/mol. The molecule has 5 heteroatoms. The van der Waals surface area contributed by atoms with Crippen molar-refractivity contribution in [3.63, 3.8) is 0 Å². The number of carboxylic acid groups (broad SMARTS) is 1. The van der Waals surface area contributed by atoms with E-state index in [2.05, 4.69) is 6.92 Å². The van der Waals surface area contributed by atoms with E-state index in [-0.39, 0.29) is 5.56 Å². The van der Waals surface area contributed by atoms with Crippen LogP contribution in [0.25, 0.3) is 0 Å². The normalized spacial score (nSPS) is 10.9. The molecule has 0 radical (unpaired) electrons. The summed E-state index contributed by atoms with van der Waals surface area (Å²) >= 11 is 0. The lowest BCUT2D eigenvalue weighted by atomic mass is 9.99. The third-order valence-corrected chi connectivity index (χ3v) is 4.33. The van der Waals surface area contributed by atoms with Crippen LogP contribution in [0.1, 0.15) is 80.6 Å². The number of hydrogen-bond donors (Lipinski definition) is 3. The molecule has 3 N–H and O–H groups in total. The molecular weight excluding hydrogens is 320 g/mol. The number of aryl methyl sites for hydroxylation is 1. The van der Waals surface area contributed by atoms with Crippen LogP contribution in [0.2, 0.25) is 0 Å². The van der Waals surface area contributed by atoms with Crippen molar-refractivity contribution < 1.29 is 24.9 Å². The van der Waals surface area contributed by atoms with Gasteiger partial charge in [-0.3, -0.25) is 0 Å². The number of aromatic hydroxyl groups is 2. The second-order valence-electron chi connectivity index (χ2n) is 6.46. The summed E-state index contributed by atoms with van der Waals surface area (Å²) in [6.07, 6.45) is 10.7. The van der Waals surface area contributed by atoms with Gasteiger partial charge < -0.3 is 20.1 Å². The summed E-state index contributed by atoms with van der Waals surface area (Å²) in [5.74, 6) is -2.14. The third-order valence-electron chi connectivity index (χ3n) is 4.33. The number of carboxylic acids is 1. The van der Waals surface area contributed by atoms with Crippen LogP contribution in [0.5, 0.6) is 11.5 Å². The van der Waals surface area contributed by atoms with Gasteiger partial charge in [0.25, 0.3) is 0 Å². The van der Waals surface area contributed by atoms with E-state index >= 15 is 0 Å². The molecule has 0 spiro atoms. The SMILES string of the molecule is CCCCCCOCCCCCCCc1ccc(O)c(O)c1C(=O)O. The van der Waals surface area contributed by atoms with Gasteiger partial charge in [-0.25, -0.2) is 4.79 Å². The van der Waals surface area contributed by atoms with Gasteiger partial charge in [-0.1, -0.05) is 51.5 Å². The van der Waals surface area contributed by atoms with Crippen molar-refractivity contribution in [1.82, 2.24) is 0 Å². The lowest BCUT2D eigenvalue weighted by Crippen LogP contribution is -2.03. The van der Waals surface area contributed by atoms with Gasteiger partial charge in [-0.15, -0.1) is 0 Å². The molecule has 0 unspecified atom stereocenters. The predicted molar refractivity (Wildman–Crippen MR) is 98.5 cm³/mol. The number of aromatic carboxylic acids is 1. The van der Waals surface area contributed by atoms with Crippen molar-refractivity contribution in [2.24, 2.45) is 0 Å². The van der Waals surface area contributed by atoms with E-state index in [0.29, 0.717) is 12.0 Å². The van der Waals surface area contributed by atoms with Crippen LogP contribution in [-0.2, 0) is 11.2 Å². The highest BCUT2D eigenvalue weighted by Crippen LogP contribution is 2.32. The largest absolute Gasteiger partial charge is 0.504 e. The summed E-state index contributed by atoms with van der Waals surface area (Å²) in [6, 6.07) is 2.92. The van der Waals surface area contributed by atoms with Crippen LogP contribution in [0, 0.1) is 0 Å². The van der Waals surface area contributed by atoms with Crippen LogP contribution in [0.3, 0.4) is 0 Å². The lowest BCUT2D eigenvalue weighted by Gasteiger charge is -2.09. The Morgan fingerprint density at radius 1 is 0.920 bits per heavy atom. The summed E-state index contributed by atoms with van der Waals surface area (Å²) in [7, 11) is 0. The number of unbranched alkanes of at least 4 members (excludes halogenated alkanes) is 7. The number of rotatable bonds is 14. The van der Waals surface area contributed by atoms with Gasteiger partial charge in [-0.2, -0.15) is 0 Å². The minimum atomic E-state index is -1.21. The van der Waals surface area contributed by atoms with Crippen LogP contribution in [0.15, 0.2) is 12.1 Å². The quantitative estimate of drug-likeness (QED) is 0.328. The maximum atomic E-state index is 11.2. The van der Waals surface area contributed by atoms with E-state index in [1.165, 1.54) is 25.3 Å². The number of ether oxygens (including phenoxy) is 1. The van der Waals surface area contributed by atoms with E-state index in [4.69, 9.17) is 4.74 Å². The van der Waals surface area contributed by atoms with Gasteiger partial charge in [0.2, 0.25) is 0 Å². The second-order valence-corrected chi connectivity index (χ2v) is 6.46. The Hall–Kier alpha value is -1.75. The predicted octanol–water partition coefficient (Wildman–Crippen LogP) is 4.89. The lowest BCUT2D eigenvalue weighted by molar-refractivity contribution is 0.0691. The van der Waals surface area contributed by atoms with Gasteiger partial charge >= 0.3 is 5.97 Å². The Morgan fingerprint density at radius 2 is 1.52 bits per heavy atom.